The summed E-state index contributed by atoms with van der Waals surface area (Å²) < 4.78 is 33.6. The van der Waals surface area contributed by atoms with E-state index in [1.165, 1.54) is 0 Å². The molecule has 2 aliphatic heterocycles. The Balaban J connectivity index is 0.974. The van der Waals surface area contributed by atoms with Gasteiger partial charge in [0.2, 0.25) is 11.8 Å². The molecule has 4 aromatic rings. The molecule has 0 spiro atoms. The van der Waals surface area contributed by atoms with Crippen LogP contribution < -0.4 is 16.0 Å². The lowest BCUT2D eigenvalue weighted by Crippen LogP contribution is -2.52. The minimum Gasteiger partial charge on any atom is -0.507 e. The summed E-state index contributed by atoms with van der Waals surface area (Å²) in [6.07, 6.45) is 7.90. The predicted molar refractivity (Wildman–Crippen MR) is 181 cm³/mol. The number of halogens is 2. The minimum atomic E-state index is -2.91. The molecular weight excluding hydrogens is 630 g/mol. The molecule has 1 saturated carbocycles. The van der Waals surface area contributed by atoms with Crippen LogP contribution in [0.2, 0.25) is 0 Å². The predicted octanol–water partition coefficient (Wildman–Crippen LogP) is 5.14. The number of phenolic OH excluding ortho intramolecular Hbond substituents is 1. The number of hydrogen-bond donors (Lipinski definition) is 3. The molecule has 2 aromatic heterocycles. The number of nitrogens with two attached hydrogens (primary N) is 1. The van der Waals surface area contributed by atoms with Gasteiger partial charge < -0.3 is 15.7 Å². The van der Waals surface area contributed by atoms with Crippen LogP contribution in [0.1, 0.15) is 62.5 Å². The van der Waals surface area contributed by atoms with Crippen LogP contribution in [-0.2, 0) is 9.59 Å². The van der Waals surface area contributed by atoms with Crippen molar-refractivity contribution in [3.63, 3.8) is 0 Å². The molecule has 2 saturated heterocycles. The first-order chi connectivity index (χ1) is 23.6. The van der Waals surface area contributed by atoms with Gasteiger partial charge >= 0.3 is 0 Å². The first kappa shape index (κ1) is 32.6. The van der Waals surface area contributed by atoms with Crippen LogP contribution in [0.4, 0.5) is 20.3 Å². The average molecular weight is 671 g/mol. The van der Waals surface area contributed by atoms with Gasteiger partial charge in [0.05, 0.1) is 30.4 Å². The highest BCUT2D eigenvalue weighted by Gasteiger charge is 2.47. The SMILES string of the molecule is CN(c1cccc([C@H]2CCN([C@H]3CC[C@H](n4cc(-c5cc(-c6ccccc6O)nnc5N)cn4)CC3)CC2(F)F)c1)[C@@H]1CCC(=O)NC1=O. The third-order valence-electron chi connectivity index (χ3n) is 10.5. The number of para-hydroxylation sites is 1. The highest BCUT2D eigenvalue weighted by Crippen LogP contribution is 2.44. The zero-order chi connectivity index (χ0) is 34.3. The number of anilines is 2. The number of rotatable bonds is 7. The number of aromatic hydroxyl groups is 1. The van der Waals surface area contributed by atoms with Crippen molar-refractivity contribution < 1.29 is 23.5 Å². The fourth-order valence-corrected chi connectivity index (χ4v) is 7.70. The summed E-state index contributed by atoms with van der Waals surface area (Å²) in [5.74, 6) is -4.11. The number of benzene rings is 2. The molecule has 11 nitrogen and oxygen atoms in total. The normalized spacial score (nSPS) is 24.4. The third-order valence-corrected chi connectivity index (χ3v) is 10.5. The third kappa shape index (κ3) is 6.59. The lowest BCUT2D eigenvalue weighted by atomic mass is 9.83. The van der Waals surface area contributed by atoms with Crippen molar-refractivity contribution in [1.29, 1.82) is 0 Å². The molecule has 2 aromatic carbocycles. The number of phenols is 1. The fraction of sp³-hybridized carbons (Fsp3) is 0.417. The van der Waals surface area contributed by atoms with Crippen LogP contribution in [0.5, 0.6) is 5.75 Å². The van der Waals surface area contributed by atoms with Crippen molar-refractivity contribution in [2.45, 2.75) is 74.9 Å². The van der Waals surface area contributed by atoms with Gasteiger partial charge in [-0.2, -0.15) is 5.10 Å². The Bertz CT molecular complexity index is 1860. The van der Waals surface area contributed by atoms with Crippen LogP contribution >= 0.6 is 0 Å². The van der Waals surface area contributed by atoms with Gasteiger partial charge in [-0.25, -0.2) is 8.78 Å². The number of nitrogen functional groups attached to an aromatic ring is 1. The lowest BCUT2D eigenvalue weighted by molar-refractivity contribution is -0.134. The Kier molecular flexibility index (Phi) is 8.78. The van der Waals surface area contributed by atoms with Gasteiger partial charge in [-0.05, 0) is 81.0 Å². The molecule has 7 rings (SSSR count). The summed E-state index contributed by atoms with van der Waals surface area (Å²) in [4.78, 5) is 27.7. The number of aromatic nitrogens is 4. The van der Waals surface area contributed by atoms with Crippen LogP contribution in [0, 0.1) is 0 Å². The number of hydrogen-bond acceptors (Lipinski definition) is 9. The van der Waals surface area contributed by atoms with Crippen LogP contribution in [0.15, 0.2) is 67.0 Å². The van der Waals surface area contributed by atoms with Crippen molar-refractivity contribution in [1.82, 2.24) is 30.2 Å². The summed E-state index contributed by atoms with van der Waals surface area (Å²) in [7, 11) is 1.76. The van der Waals surface area contributed by atoms with E-state index in [2.05, 4.69) is 20.6 Å². The number of carbonyl (C=O) groups is 2. The summed E-state index contributed by atoms with van der Waals surface area (Å²) in [6.45, 7) is 0.294. The van der Waals surface area contributed by atoms with E-state index >= 15 is 8.78 Å². The molecular formula is C36H40F2N8O3. The second kappa shape index (κ2) is 13.2. The van der Waals surface area contributed by atoms with Gasteiger partial charge in [-0.3, -0.25) is 24.5 Å². The topological polar surface area (TPSA) is 142 Å². The monoisotopic (exact) mass is 670 g/mol. The maximum Gasteiger partial charge on any atom is 0.267 e. The minimum absolute atomic E-state index is 0.0734. The number of likely N-dealkylation sites (tertiary alicyclic amines) is 1. The van der Waals surface area contributed by atoms with E-state index in [0.29, 0.717) is 47.5 Å². The Morgan fingerprint density at radius 2 is 1.73 bits per heavy atom. The first-order valence-corrected chi connectivity index (χ1v) is 16.8. The smallest absolute Gasteiger partial charge is 0.267 e. The number of amides is 2. The van der Waals surface area contributed by atoms with E-state index in [9.17, 15) is 14.7 Å². The number of nitrogens with zero attached hydrogens (tertiary/aromatic N) is 6. The van der Waals surface area contributed by atoms with Crippen molar-refractivity contribution in [3.8, 4) is 28.1 Å². The second-order valence-electron chi connectivity index (χ2n) is 13.5. The molecule has 0 bridgehead atoms. The van der Waals surface area contributed by atoms with Crippen LogP contribution in [-0.4, -0.2) is 79.9 Å². The van der Waals surface area contributed by atoms with Crippen LogP contribution in [0.3, 0.4) is 0 Å². The lowest BCUT2D eigenvalue weighted by Gasteiger charge is -2.44. The largest absolute Gasteiger partial charge is 0.507 e. The number of likely N-dealkylation sites (N-methyl/N-ethyl adjacent to an activating group) is 1. The number of piperidine rings is 2. The van der Waals surface area contributed by atoms with E-state index in [1.54, 1.807) is 60.6 Å². The maximum atomic E-state index is 15.8. The van der Waals surface area contributed by atoms with Gasteiger partial charge in [0, 0.05) is 48.1 Å². The second-order valence-corrected chi connectivity index (χ2v) is 13.5. The molecule has 2 atom stereocenters. The molecule has 3 aliphatic rings. The van der Waals surface area contributed by atoms with Crippen molar-refractivity contribution in [2.75, 3.05) is 30.8 Å². The zero-order valence-corrected chi connectivity index (χ0v) is 27.3. The van der Waals surface area contributed by atoms with Crippen molar-refractivity contribution >= 4 is 23.3 Å². The van der Waals surface area contributed by atoms with Gasteiger partial charge in [0.15, 0.2) is 5.82 Å². The van der Waals surface area contributed by atoms with E-state index < -0.39 is 17.9 Å². The number of alkyl halides is 2. The zero-order valence-electron chi connectivity index (χ0n) is 27.3. The Morgan fingerprint density at radius 3 is 2.49 bits per heavy atom. The Hall–Kier alpha value is -4.91. The standard InChI is InChI=1S/C36H40F2N8O3/c1-44(31-13-14-33(48)41-35(31)49)26-6-4-5-22(17-26)29-15-16-45(21-36(29,37)38)24-9-11-25(12-10-24)46-20-23(19-40-46)28-18-30(42-43-34(28)39)27-7-2-3-8-32(27)47/h2-8,17-20,24-25,29,31,47H,9-16,21H2,1H3,(H2,39,43)(H,41,48,49)/t24-,25-,29-,31-/m1/s1. The summed E-state index contributed by atoms with van der Waals surface area (Å²) in [5.41, 5.74) is 9.97. The van der Waals surface area contributed by atoms with Gasteiger partial charge in [-0.1, -0.05) is 24.3 Å². The molecule has 0 unspecified atom stereocenters. The van der Waals surface area contributed by atoms with Gasteiger partial charge in [0.25, 0.3) is 5.92 Å². The summed E-state index contributed by atoms with van der Waals surface area (Å²) in [5, 5.41) is 25.6. The highest BCUT2D eigenvalue weighted by atomic mass is 19.3. The molecule has 1 aliphatic carbocycles. The van der Waals surface area contributed by atoms with Crippen LogP contribution in [0.25, 0.3) is 22.4 Å². The quantitative estimate of drug-likeness (QED) is 0.228. The molecule has 13 heteroatoms. The van der Waals surface area contributed by atoms with Gasteiger partial charge in [0.1, 0.15) is 11.8 Å². The highest BCUT2D eigenvalue weighted by molar-refractivity contribution is 6.01. The molecule has 0 radical (unpaired) electrons. The van der Waals surface area contributed by atoms with Gasteiger partial charge in [-0.15, -0.1) is 10.2 Å². The molecule has 4 N–H and O–H groups in total. The Labute approximate surface area is 283 Å². The number of carbonyl (C=O) groups excluding carboxylic acids is 2. The number of imide groups is 1. The van der Waals surface area contributed by atoms with Crippen molar-refractivity contribution in [2.24, 2.45) is 0 Å². The van der Waals surface area contributed by atoms with E-state index in [-0.39, 0.29) is 48.4 Å². The van der Waals surface area contributed by atoms with E-state index in [0.717, 1.165) is 31.2 Å². The fourth-order valence-electron chi connectivity index (χ4n) is 7.70. The van der Waals surface area contributed by atoms with Crippen molar-refractivity contribution in [3.05, 3.63) is 72.6 Å². The maximum absolute atomic E-state index is 15.8. The first-order valence-electron chi connectivity index (χ1n) is 16.8. The number of nitrogens with one attached hydrogen (secondary N) is 1. The molecule has 256 valence electrons. The molecule has 49 heavy (non-hydrogen) atoms. The van der Waals surface area contributed by atoms with E-state index in [4.69, 9.17) is 5.73 Å². The summed E-state index contributed by atoms with van der Waals surface area (Å²) in [6, 6.07) is 15.5. The average Bonchev–Trinajstić information content (AvgIpc) is 3.58. The molecule has 3 fully saturated rings. The summed E-state index contributed by atoms with van der Waals surface area (Å²) >= 11 is 0. The van der Waals surface area contributed by atoms with E-state index in [1.807, 2.05) is 27.9 Å². The Morgan fingerprint density at radius 1 is 0.959 bits per heavy atom. The molecule has 2 amide bonds. The molecule has 4 heterocycles.